The highest BCUT2D eigenvalue weighted by Crippen LogP contribution is 2.16. The van der Waals surface area contributed by atoms with Gasteiger partial charge in [0.2, 0.25) is 5.09 Å². The molecule has 7 heteroatoms. The average molecular weight is 272 g/mol. The molecule has 0 spiro atoms. The summed E-state index contributed by atoms with van der Waals surface area (Å²) in [6, 6.07) is 2.84. The zero-order chi connectivity index (χ0) is 13.2. The van der Waals surface area contributed by atoms with Crippen molar-refractivity contribution < 1.29 is 17.6 Å². The summed E-state index contributed by atoms with van der Waals surface area (Å²) in [5.74, 6) is 0.00774. The zero-order valence-electron chi connectivity index (χ0n) is 10.1. The Morgan fingerprint density at radius 3 is 2.89 bits per heavy atom. The van der Waals surface area contributed by atoms with Crippen molar-refractivity contribution in [1.82, 2.24) is 9.62 Å². The third kappa shape index (κ3) is 2.80. The van der Waals surface area contributed by atoms with Crippen molar-refractivity contribution >= 4 is 16.3 Å². The van der Waals surface area contributed by atoms with Crippen LogP contribution in [0.4, 0.5) is 0 Å². The molecular weight excluding hydrogens is 256 g/mol. The second-order valence-corrected chi connectivity index (χ2v) is 6.10. The molecule has 0 amide bonds. The van der Waals surface area contributed by atoms with Crippen LogP contribution in [-0.2, 0) is 10.0 Å². The van der Waals surface area contributed by atoms with E-state index in [2.05, 4.69) is 9.62 Å². The lowest BCUT2D eigenvalue weighted by atomic mass is 10.2. The molecule has 1 saturated heterocycles. The number of rotatable bonds is 5. The van der Waals surface area contributed by atoms with Gasteiger partial charge >= 0.3 is 0 Å². The summed E-state index contributed by atoms with van der Waals surface area (Å²) >= 11 is 0. The minimum Gasteiger partial charge on any atom is -0.440 e. The van der Waals surface area contributed by atoms with Gasteiger partial charge in [0, 0.05) is 12.6 Å². The third-order valence-electron chi connectivity index (χ3n) is 3.16. The Kier molecular flexibility index (Phi) is 3.84. The number of furan rings is 1. The highest BCUT2D eigenvalue weighted by atomic mass is 32.2. The number of sulfonamides is 1. The Morgan fingerprint density at radius 2 is 2.33 bits per heavy atom. The van der Waals surface area contributed by atoms with Gasteiger partial charge in [0.1, 0.15) is 0 Å². The molecule has 1 aliphatic heterocycles. The Hall–Kier alpha value is -1.18. The van der Waals surface area contributed by atoms with Crippen molar-refractivity contribution in [3.63, 3.8) is 0 Å². The Labute approximate surface area is 106 Å². The SMILES string of the molecule is CN1CCCC1CNS(=O)(=O)c1ccc(C=O)o1. The first-order valence-corrected chi connectivity index (χ1v) is 7.26. The molecule has 6 nitrogen and oxygen atoms in total. The van der Waals surface area contributed by atoms with Gasteiger partial charge < -0.3 is 9.32 Å². The number of nitrogens with one attached hydrogen (secondary N) is 1. The fourth-order valence-corrected chi connectivity index (χ4v) is 3.06. The average Bonchev–Trinajstić information content (AvgIpc) is 2.95. The van der Waals surface area contributed by atoms with Crippen LogP contribution in [0.25, 0.3) is 0 Å². The summed E-state index contributed by atoms with van der Waals surface area (Å²) in [5, 5.41) is -0.217. The van der Waals surface area contributed by atoms with E-state index in [1.807, 2.05) is 7.05 Å². The van der Waals surface area contributed by atoms with Gasteiger partial charge in [0.05, 0.1) is 0 Å². The highest BCUT2D eigenvalue weighted by molar-refractivity contribution is 7.89. The van der Waals surface area contributed by atoms with E-state index in [0.717, 1.165) is 19.4 Å². The van der Waals surface area contributed by atoms with Gasteiger partial charge in [0.25, 0.3) is 10.0 Å². The van der Waals surface area contributed by atoms with Crippen LogP contribution in [0, 0.1) is 0 Å². The Balaban J connectivity index is 2.01. The summed E-state index contributed by atoms with van der Waals surface area (Å²) in [5.41, 5.74) is 0. The van der Waals surface area contributed by atoms with E-state index in [1.54, 1.807) is 0 Å². The number of likely N-dealkylation sites (N-methyl/N-ethyl adjacent to an activating group) is 1. The number of aldehydes is 1. The Morgan fingerprint density at radius 1 is 1.56 bits per heavy atom. The molecule has 1 aromatic rings. The molecular formula is C11H16N2O4S. The largest absolute Gasteiger partial charge is 0.440 e. The van der Waals surface area contributed by atoms with Gasteiger partial charge in [-0.2, -0.15) is 0 Å². The number of likely N-dealkylation sites (tertiary alicyclic amines) is 1. The topological polar surface area (TPSA) is 79.6 Å². The summed E-state index contributed by atoms with van der Waals surface area (Å²) in [6.07, 6.45) is 2.54. The fourth-order valence-electron chi connectivity index (χ4n) is 2.06. The smallest absolute Gasteiger partial charge is 0.274 e. The minimum atomic E-state index is -3.66. The van der Waals surface area contributed by atoms with Gasteiger partial charge in [-0.15, -0.1) is 0 Å². The van der Waals surface area contributed by atoms with E-state index in [-0.39, 0.29) is 16.9 Å². The van der Waals surface area contributed by atoms with Crippen LogP contribution >= 0.6 is 0 Å². The molecule has 0 bridgehead atoms. The molecule has 1 fully saturated rings. The lowest BCUT2D eigenvalue weighted by molar-refractivity contribution is 0.109. The van der Waals surface area contributed by atoms with E-state index in [0.29, 0.717) is 12.8 Å². The van der Waals surface area contributed by atoms with Gasteiger partial charge in [-0.3, -0.25) is 4.79 Å². The van der Waals surface area contributed by atoms with E-state index in [4.69, 9.17) is 4.42 Å². The molecule has 0 aromatic carbocycles. The lowest BCUT2D eigenvalue weighted by Crippen LogP contribution is -2.38. The van der Waals surface area contributed by atoms with E-state index < -0.39 is 10.0 Å². The second-order valence-electron chi connectivity index (χ2n) is 4.40. The van der Waals surface area contributed by atoms with Crippen LogP contribution in [0.15, 0.2) is 21.6 Å². The number of hydrogen-bond acceptors (Lipinski definition) is 5. The molecule has 100 valence electrons. The molecule has 1 aromatic heterocycles. The van der Waals surface area contributed by atoms with Gasteiger partial charge in [0.15, 0.2) is 12.0 Å². The Bertz CT molecular complexity index is 523. The summed E-state index contributed by atoms with van der Waals surface area (Å²) in [6.45, 7) is 1.35. The molecule has 0 saturated carbocycles. The number of hydrogen-bond donors (Lipinski definition) is 1. The van der Waals surface area contributed by atoms with Crippen LogP contribution in [0.1, 0.15) is 23.4 Å². The van der Waals surface area contributed by atoms with Crippen LogP contribution in [0.3, 0.4) is 0 Å². The quantitative estimate of drug-likeness (QED) is 0.788. The maximum Gasteiger partial charge on any atom is 0.274 e. The first-order chi connectivity index (χ1) is 8.53. The summed E-state index contributed by atoms with van der Waals surface area (Å²) in [7, 11) is -1.69. The van der Waals surface area contributed by atoms with Gasteiger partial charge in [-0.25, -0.2) is 13.1 Å². The van der Waals surface area contributed by atoms with Crippen LogP contribution < -0.4 is 4.72 Å². The molecule has 1 aliphatic rings. The summed E-state index contributed by atoms with van der Waals surface area (Å²) in [4.78, 5) is 12.6. The van der Waals surface area contributed by atoms with Crippen molar-refractivity contribution in [2.24, 2.45) is 0 Å². The van der Waals surface area contributed by atoms with Crippen molar-refractivity contribution in [3.8, 4) is 0 Å². The standard InChI is InChI=1S/C11H16N2O4S/c1-13-6-2-3-9(13)7-12-18(15,16)11-5-4-10(8-14)17-11/h4-5,8-9,12H,2-3,6-7H2,1H3. The first-order valence-electron chi connectivity index (χ1n) is 5.78. The molecule has 18 heavy (non-hydrogen) atoms. The third-order valence-corrected chi connectivity index (χ3v) is 4.46. The molecule has 1 atom stereocenters. The molecule has 1 unspecified atom stereocenters. The first kappa shape index (κ1) is 13.3. The van der Waals surface area contributed by atoms with Crippen molar-refractivity contribution in [2.75, 3.05) is 20.1 Å². The highest BCUT2D eigenvalue weighted by Gasteiger charge is 2.25. The van der Waals surface area contributed by atoms with Gasteiger partial charge in [-0.05, 0) is 38.6 Å². The second kappa shape index (κ2) is 5.21. The van der Waals surface area contributed by atoms with Crippen LogP contribution in [-0.4, -0.2) is 45.8 Å². The molecule has 0 radical (unpaired) electrons. The van der Waals surface area contributed by atoms with Crippen LogP contribution in [0.2, 0.25) is 0 Å². The van der Waals surface area contributed by atoms with E-state index in [1.165, 1.54) is 12.1 Å². The fraction of sp³-hybridized carbons (Fsp3) is 0.545. The number of carbonyl (C=O) groups is 1. The van der Waals surface area contributed by atoms with Crippen LogP contribution in [0.5, 0.6) is 0 Å². The minimum absolute atomic E-state index is 0.00774. The predicted molar refractivity (Wildman–Crippen MR) is 64.9 cm³/mol. The van der Waals surface area contributed by atoms with Crippen molar-refractivity contribution in [1.29, 1.82) is 0 Å². The maximum atomic E-state index is 11.9. The zero-order valence-corrected chi connectivity index (χ0v) is 10.9. The van der Waals surface area contributed by atoms with Crippen molar-refractivity contribution in [3.05, 3.63) is 17.9 Å². The summed E-state index contributed by atoms with van der Waals surface area (Å²) < 4.78 is 31.2. The maximum absolute atomic E-state index is 11.9. The van der Waals surface area contributed by atoms with E-state index >= 15 is 0 Å². The lowest BCUT2D eigenvalue weighted by Gasteiger charge is -2.19. The molecule has 2 heterocycles. The monoisotopic (exact) mass is 272 g/mol. The number of nitrogens with zero attached hydrogens (tertiary/aromatic N) is 1. The normalized spacial score (nSPS) is 21.3. The van der Waals surface area contributed by atoms with Gasteiger partial charge in [-0.1, -0.05) is 0 Å². The molecule has 2 rings (SSSR count). The van der Waals surface area contributed by atoms with Crippen molar-refractivity contribution in [2.45, 2.75) is 24.0 Å². The number of carbonyl (C=O) groups excluding carboxylic acids is 1. The molecule has 1 N–H and O–H groups in total. The predicted octanol–water partition coefficient (Wildman–Crippen LogP) is 0.465. The van der Waals surface area contributed by atoms with E-state index in [9.17, 15) is 13.2 Å². The molecule has 0 aliphatic carbocycles.